The predicted octanol–water partition coefficient (Wildman–Crippen LogP) is 3.71. The Morgan fingerprint density at radius 1 is 1.28 bits per heavy atom. The van der Waals surface area contributed by atoms with Gasteiger partial charge in [-0.25, -0.2) is 0 Å². The minimum Gasteiger partial charge on any atom is -0.494 e. The maximum Gasteiger partial charge on any atom is 0.121 e. The van der Waals surface area contributed by atoms with E-state index in [0.717, 1.165) is 36.7 Å². The van der Waals surface area contributed by atoms with E-state index in [-0.39, 0.29) is 0 Å². The molecule has 1 aromatic rings. The van der Waals surface area contributed by atoms with Crippen LogP contribution in [-0.4, -0.2) is 13.2 Å². The summed E-state index contributed by atoms with van der Waals surface area (Å²) in [5.74, 6) is 3.44. The number of hydrogen-bond donors (Lipinski definition) is 1. The van der Waals surface area contributed by atoms with Gasteiger partial charge in [0.25, 0.3) is 0 Å². The Balaban J connectivity index is 1.56. The highest BCUT2D eigenvalue weighted by Gasteiger charge is 2.35. The Morgan fingerprint density at radius 2 is 2.22 bits per heavy atom. The van der Waals surface area contributed by atoms with Gasteiger partial charge in [-0.3, -0.25) is 0 Å². The Labute approximate surface area is 109 Å². The van der Waals surface area contributed by atoms with E-state index in [9.17, 15) is 0 Å². The average Bonchev–Trinajstić information content (AvgIpc) is 2.99. The topological polar surface area (TPSA) is 21.3 Å². The van der Waals surface area contributed by atoms with Crippen LogP contribution in [0.5, 0.6) is 5.75 Å². The number of nitrogens with one attached hydrogen (secondary N) is 1. The lowest BCUT2D eigenvalue weighted by Crippen LogP contribution is -2.18. The van der Waals surface area contributed by atoms with E-state index in [2.05, 4.69) is 29.6 Å². The molecule has 0 spiro atoms. The van der Waals surface area contributed by atoms with Crippen molar-refractivity contribution in [2.45, 2.75) is 19.8 Å². The molecule has 0 radical (unpaired) electrons. The first kappa shape index (κ1) is 11.6. The van der Waals surface area contributed by atoms with E-state index < -0.39 is 0 Å². The highest BCUT2D eigenvalue weighted by molar-refractivity contribution is 5.48. The van der Waals surface area contributed by atoms with Crippen molar-refractivity contribution in [2.75, 3.05) is 18.5 Å². The highest BCUT2D eigenvalue weighted by Crippen LogP contribution is 2.43. The van der Waals surface area contributed by atoms with Crippen LogP contribution in [0.15, 0.2) is 36.4 Å². The van der Waals surface area contributed by atoms with Crippen molar-refractivity contribution in [1.29, 1.82) is 0 Å². The maximum absolute atomic E-state index is 5.52. The van der Waals surface area contributed by atoms with Crippen LogP contribution in [0.4, 0.5) is 5.69 Å². The lowest BCUT2D eigenvalue weighted by atomic mass is 9.93. The Hall–Kier alpha value is -1.44. The molecule has 0 heterocycles. The average molecular weight is 243 g/mol. The summed E-state index contributed by atoms with van der Waals surface area (Å²) in [6, 6.07) is 8.26. The van der Waals surface area contributed by atoms with Gasteiger partial charge >= 0.3 is 0 Å². The van der Waals surface area contributed by atoms with Gasteiger partial charge in [0.05, 0.1) is 6.61 Å². The van der Waals surface area contributed by atoms with Gasteiger partial charge in [-0.2, -0.15) is 0 Å². The smallest absolute Gasteiger partial charge is 0.121 e. The molecular weight excluding hydrogens is 222 g/mol. The zero-order valence-electron chi connectivity index (χ0n) is 10.9. The second-order valence-electron chi connectivity index (χ2n) is 5.38. The Morgan fingerprint density at radius 3 is 2.94 bits per heavy atom. The maximum atomic E-state index is 5.52. The first-order valence-electron chi connectivity index (χ1n) is 7.00. The molecular formula is C16H21NO. The van der Waals surface area contributed by atoms with Crippen LogP contribution >= 0.6 is 0 Å². The third-order valence-corrected chi connectivity index (χ3v) is 4.13. The second-order valence-corrected chi connectivity index (χ2v) is 5.38. The van der Waals surface area contributed by atoms with Crippen molar-refractivity contribution in [3.8, 4) is 5.75 Å². The molecule has 0 saturated heterocycles. The summed E-state index contributed by atoms with van der Waals surface area (Å²) in [5, 5.41) is 3.56. The Bertz CT molecular complexity index is 440. The number of hydrogen-bond acceptors (Lipinski definition) is 2. The summed E-state index contributed by atoms with van der Waals surface area (Å²) in [4.78, 5) is 0. The summed E-state index contributed by atoms with van der Waals surface area (Å²) in [6.07, 6.45) is 7.55. The molecule has 1 saturated carbocycles. The van der Waals surface area contributed by atoms with Gasteiger partial charge in [-0.05, 0) is 49.7 Å². The third-order valence-electron chi connectivity index (χ3n) is 4.13. The second kappa shape index (κ2) is 5.05. The van der Waals surface area contributed by atoms with Gasteiger partial charge in [-0.15, -0.1) is 0 Å². The normalized spacial score (nSPS) is 28.6. The van der Waals surface area contributed by atoms with Crippen LogP contribution in [-0.2, 0) is 0 Å². The molecule has 18 heavy (non-hydrogen) atoms. The van der Waals surface area contributed by atoms with E-state index in [0.29, 0.717) is 0 Å². The molecule has 1 fully saturated rings. The van der Waals surface area contributed by atoms with E-state index in [4.69, 9.17) is 4.74 Å². The van der Waals surface area contributed by atoms with Crippen LogP contribution in [0.3, 0.4) is 0 Å². The summed E-state index contributed by atoms with van der Waals surface area (Å²) < 4.78 is 5.52. The molecule has 2 heteroatoms. The monoisotopic (exact) mass is 243 g/mol. The Kier molecular flexibility index (Phi) is 3.26. The summed E-state index contributed by atoms with van der Waals surface area (Å²) in [5.41, 5.74) is 1.17. The summed E-state index contributed by atoms with van der Waals surface area (Å²) in [7, 11) is 0. The van der Waals surface area contributed by atoms with Crippen molar-refractivity contribution in [3.63, 3.8) is 0 Å². The van der Waals surface area contributed by atoms with E-state index >= 15 is 0 Å². The van der Waals surface area contributed by atoms with E-state index in [1.807, 2.05) is 19.1 Å². The van der Waals surface area contributed by atoms with Gasteiger partial charge in [0, 0.05) is 18.3 Å². The lowest BCUT2D eigenvalue weighted by Gasteiger charge is -2.19. The zero-order chi connectivity index (χ0) is 12.4. The van der Waals surface area contributed by atoms with Crippen molar-refractivity contribution in [1.82, 2.24) is 0 Å². The predicted molar refractivity (Wildman–Crippen MR) is 74.9 cm³/mol. The van der Waals surface area contributed by atoms with Crippen LogP contribution in [0.2, 0.25) is 0 Å². The molecule has 96 valence electrons. The number of ether oxygens (including phenoxy) is 1. The molecule has 2 aliphatic carbocycles. The molecule has 2 bridgehead atoms. The minimum absolute atomic E-state index is 0.723. The van der Waals surface area contributed by atoms with Gasteiger partial charge in [-0.1, -0.05) is 18.2 Å². The number of fused-ring (bicyclic) bond motifs is 2. The molecule has 3 atom stereocenters. The summed E-state index contributed by atoms with van der Waals surface area (Å²) in [6.45, 7) is 3.82. The molecule has 0 amide bonds. The fourth-order valence-corrected chi connectivity index (χ4v) is 3.24. The third kappa shape index (κ3) is 2.38. The SMILES string of the molecule is CCOc1cccc(NCC2CC3C=CC2C3)c1. The largest absolute Gasteiger partial charge is 0.494 e. The zero-order valence-corrected chi connectivity index (χ0v) is 10.9. The molecule has 0 aromatic heterocycles. The van der Waals surface area contributed by atoms with Crippen LogP contribution in [0, 0.1) is 17.8 Å². The number of benzene rings is 1. The fourth-order valence-electron chi connectivity index (χ4n) is 3.24. The van der Waals surface area contributed by atoms with Gasteiger partial charge in [0.15, 0.2) is 0 Å². The fraction of sp³-hybridized carbons (Fsp3) is 0.500. The summed E-state index contributed by atoms with van der Waals surface area (Å²) >= 11 is 0. The highest BCUT2D eigenvalue weighted by atomic mass is 16.5. The molecule has 0 aliphatic heterocycles. The van der Waals surface area contributed by atoms with Gasteiger partial charge in [0.1, 0.15) is 5.75 Å². The first-order chi connectivity index (χ1) is 8.85. The van der Waals surface area contributed by atoms with Gasteiger partial charge in [0.2, 0.25) is 0 Å². The van der Waals surface area contributed by atoms with E-state index in [1.54, 1.807) is 0 Å². The van der Waals surface area contributed by atoms with Gasteiger partial charge < -0.3 is 10.1 Å². The molecule has 1 N–H and O–H groups in total. The molecule has 3 rings (SSSR count). The van der Waals surface area contributed by atoms with Crippen molar-refractivity contribution in [3.05, 3.63) is 36.4 Å². The number of allylic oxidation sites excluding steroid dienone is 2. The van der Waals surface area contributed by atoms with E-state index in [1.165, 1.54) is 18.5 Å². The van der Waals surface area contributed by atoms with Crippen molar-refractivity contribution < 1.29 is 4.74 Å². The first-order valence-corrected chi connectivity index (χ1v) is 7.00. The number of anilines is 1. The van der Waals surface area contributed by atoms with Crippen LogP contribution in [0.1, 0.15) is 19.8 Å². The quantitative estimate of drug-likeness (QED) is 0.796. The molecule has 2 aliphatic rings. The molecule has 1 aromatic carbocycles. The number of rotatable bonds is 5. The van der Waals surface area contributed by atoms with Crippen molar-refractivity contribution >= 4 is 5.69 Å². The van der Waals surface area contributed by atoms with Crippen LogP contribution < -0.4 is 10.1 Å². The minimum atomic E-state index is 0.723. The standard InChI is InChI=1S/C16H21NO/c1-2-18-16-5-3-4-15(10-16)17-11-14-9-12-6-7-13(14)8-12/h3-7,10,12-14,17H,2,8-9,11H2,1H3. The molecule has 2 nitrogen and oxygen atoms in total. The van der Waals surface area contributed by atoms with Crippen molar-refractivity contribution in [2.24, 2.45) is 17.8 Å². The van der Waals surface area contributed by atoms with Crippen LogP contribution in [0.25, 0.3) is 0 Å². The lowest BCUT2D eigenvalue weighted by molar-refractivity contribution is 0.340. The molecule has 3 unspecified atom stereocenters.